The van der Waals surface area contributed by atoms with E-state index in [-0.39, 0.29) is 10.8 Å². The number of aryl methyl sites for hydroxylation is 6. The largest absolute Gasteiger partial charge is 0.305 e. The third-order valence-corrected chi connectivity index (χ3v) is 15.5. The average Bonchev–Trinajstić information content (AvgIpc) is 4.26. The van der Waals surface area contributed by atoms with Crippen molar-refractivity contribution in [2.75, 3.05) is 0 Å². The fourth-order valence-electron chi connectivity index (χ4n) is 12.1. The SMILES string of the molecule is Cc1cc(C)c(-c2nc(-c3cc(-n4c5cccnc5c5ncccc54)c(-n4c5ccc(C(C)(C)C)cc5c5cc(C(C)(C)C)ccc54)c(-n4c5cccnc5c5ncccc54)c3)nc(-c3c(C)cc(C)cc3C)n2)c(C)c1. The van der Waals surface area contributed by atoms with Gasteiger partial charge in [0.15, 0.2) is 17.5 Å². The van der Waals surface area contributed by atoms with Crippen LogP contribution in [0.4, 0.5) is 0 Å². The van der Waals surface area contributed by atoms with Gasteiger partial charge in [0.1, 0.15) is 22.1 Å². The summed E-state index contributed by atoms with van der Waals surface area (Å²) in [6.07, 6.45) is 7.41. The third kappa shape index (κ3) is 7.63. The van der Waals surface area contributed by atoms with Gasteiger partial charge in [0, 0.05) is 52.3 Å². The number of fused-ring (bicyclic) bond motifs is 9. The third-order valence-electron chi connectivity index (χ3n) is 15.5. The van der Waals surface area contributed by atoms with Gasteiger partial charge in [-0.25, -0.2) is 15.0 Å². The summed E-state index contributed by atoms with van der Waals surface area (Å²) in [5.74, 6) is 1.78. The summed E-state index contributed by atoms with van der Waals surface area (Å²) in [5.41, 5.74) is 23.6. The van der Waals surface area contributed by atoms with Crippen LogP contribution >= 0.6 is 0 Å². The molecule has 10 nitrogen and oxygen atoms in total. The van der Waals surface area contributed by atoms with Gasteiger partial charge in [0.2, 0.25) is 0 Å². The zero-order valence-corrected chi connectivity index (χ0v) is 45.8. The molecule has 8 aromatic heterocycles. The molecule has 0 fully saturated rings. The standard InChI is InChI=1S/C67H60N10/c1-37-29-39(3)56(40(4)30-37)64-72-63(73-65(74-64)57-41(5)31-38(2)32-42(57)6)43-33-54(75-50-17-13-25-68-58(50)59-51(75)18-14-26-69-59)62(55(34-43)76-52-19-15-27-70-60(52)61-53(76)20-16-28-71-61)77-48-23-21-44(66(7,8)9)35-46(48)47-36-45(67(10,11)12)22-24-49(47)77/h13-36H,1-12H3. The van der Waals surface area contributed by atoms with Crippen molar-refractivity contribution in [3.05, 3.63) is 191 Å². The van der Waals surface area contributed by atoms with Gasteiger partial charge in [0.25, 0.3) is 0 Å². The van der Waals surface area contributed by atoms with Gasteiger partial charge in [-0.2, -0.15) is 0 Å². The lowest BCUT2D eigenvalue weighted by molar-refractivity contribution is 0.590. The minimum Gasteiger partial charge on any atom is -0.305 e. The van der Waals surface area contributed by atoms with Crippen molar-refractivity contribution in [2.24, 2.45) is 0 Å². The van der Waals surface area contributed by atoms with Crippen LogP contribution in [-0.2, 0) is 10.8 Å². The first-order valence-corrected chi connectivity index (χ1v) is 26.5. The first-order valence-electron chi connectivity index (χ1n) is 26.5. The van der Waals surface area contributed by atoms with Gasteiger partial charge in [0.05, 0.1) is 50.2 Å². The van der Waals surface area contributed by atoms with Crippen LogP contribution in [0.15, 0.2) is 146 Å². The van der Waals surface area contributed by atoms with Crippen molar-refractivity contribution < 1.29 is 0 Å². The maximum absolute atomic E-state index is 5.58. The van der Waals surface area contributed by atoms with Crippen LogP contribution < -0.4 is 0 Å². The van der Waals surface area contributed by atoms with E-state index in [9.17, 15) is 0 Å². The summed E-state index contributed by atoms with van der Waals surface area (Å²) >= 11 is 0. The van der Waals surface area contributed by atoms with Crippen molar-refractivity contribution in [3.63, 3.8) is 0 Å². The van der Waals surface area contributed by atoms with Crippen molar-refractivity contribution in [2.45, 2.75) is 93.9 Å². The van der Waals surface area contributed by atoms with Crippen molar-refractivity contribution in [1.29, 1.82) is 0 Å². The molecule has 0 atom stereocenters. The van der Waals surface area contributed by atoms with Gasteiger partial charge < -0.3 is 13.7 Å². The molecule has 0 saturated heterocycles. The molecule has 0 aliphatic rings. The number of nitrogens with zero attached hydrogens (tertiary/aromatic N) is 10. The average molecular weight is 1010 g/mol. The molecular formula is C67H60N10. The number of rotatable bonds is 6. The normalized spacial score (nSPS) is 12.4. The van der Waals surface area contributed by atoms with Crippen LogP contribution in [-0.4, -0.2) is 48.6 Å². The topological polar surface area (TPSA) is 105 Å². The smallest absolute Gasteiger partial charge is 0.164 e. The summed E-state index contributed by atoms with van der Waals surface area (Å²) in [7, 11) is 0. The Morgan fingerprint density at radius 3 is 1.03 bits per heavy atom. The molecule has 0 saturated carbocycles. The molecule has 0 amide bonds. The maximum Gasteiger partial charge on any atom is 0.164 e. The molecule has 8 heterocycles. The van der Waals surface area contributed by atoms with Crippen LogP contribution in [0.2, 0.25) is 0 Å². The van der Waals surface area contributed by atoms with E-state index in [0.29, 0.717) is 17.5 Å². The summed E-state index contributed by atoms with van der Waals surface area (Å²) in [4.78, 5) is 36.7. The second kappa shape index (κ2) is 17.3. The van der Waals surface area contributed by atoms with Crippen LogP contribution in [0.3, 0.4) is 0 Å². The van der Waals surface area contributed by atoms with E-state index in [1.54, 1.807) is 0 Å². The highest BCUT2D eigenvalue weighted by Crippen LogP contribution is 2.46. The molecule has 0 spiro atoms. The van der Waals surface area contributed by atoms with E-state index in [1.807, 2.05) is 49.1 Å². The Morgan fingerprint density at radius 2 is 0.688 bits per heavy atom. The van der Waals surface area contributed by atoms with Crippen LogP contribution in [0.25, 0.3) is 117 Å². The Bertz CT molecular complexity index is 4180. The van der Waals surface area contributed by atoms with E-state index < -0.39 is 0 Å². The predicted octanol–water partition coefficient (Wildman–Crippen LogP) is 16.2. The number of hydrogen-bond donors (Lipinski definition) is 0. The van der Waals surface area contributed by atoms with Gasteiger partial charge >= 0.3 is 0 Å². The lowest BCUT2D eigenvalue weighted by Gasteiger charge is -2.24. The number of pyridine rings is 4. The highest BCUT2D eigenvalue weighted by atomic mass is 15.1. The van der Waals surface area contributed by atoms with Crippen LogP contribution in [0.5, 0.6) is 0 Å². The van der Waals surface area contributed by atoms with Crippen LogP contribution in [0, 0.1) is 41.5 Å². The van der Waals surface area contributed by atoms with Crippen molar-refractivity contribution >= 4 is 65.9 Å². The molecule has 77 heavy (non-hydrogen) atoms. The molecular weight excluding hydrogens is 945 g/mol. The quantitative estimate of drug-likeness (QED) is 0.163. The first kappa shape index (κ1) is 47.8. The highest BCUT2D eigenvalue weighted by Gasteiger charge is 2.30. The minimum absolute atomic E-state index is 0.0955. The molecule has 0 bridgehead atoms. The lowest BCUT2D eigenvalue weighted by atomic mass is 9.85. The zero-order chi connectivity index (χ0) is 53.4. The van der Waals surface area contributed by atoms with Gasteiger partial charge in [-0.15, -0.1) is 0 Å². The Balaban J connectivity index is 1.27. The molecule has 0 radical (unpaired) electrons. The summed E-state index contributed by atoms with van der Waals surface area (Å²) in [6, 6.07) is 44.1. The van der Waals surface area contributed by atoms with Crippen molar-refractivity contribution in [1.82, 2.24) is 48.6 Å². The van der Waals surface area contributed by atoms with E-state index in [2.05, 4.69) is 194 Å². The molecule has 5 aromatic carbocycles. The van der Waals surface area contributed by atoms with Crippen LogP contribution in [0.1, 0.15) is 86.1 Å². The molecule has 0 N–H and O–H groups in total. The molecule has 13 aromatic rings. The minimum atomic E-state index is -0.0955. The molecule has 0 unspecified atom stereocenters. The summed E-state index contributed by atoms with van der Waals surface area (Å²) in [6.45, 7) is 26.6. The molecule has 378 valence electrons. The van der Waals surface area contributed by atoms with Gasteiger partial charge in [-0.3, -0.25) is 19.9 Å². The van der Waals surface area contributed by atoms with Gasteiger partial charge in [-0.05, 0) is 171 Å². The van der Waals surface area contributed by atoms with E-state index in [1.165, 1.54) is 33.0 Å². The number of hydrogen-bond acceptors (Lipinski definition) is 7. The molecule has 13 rings (SSSR count). The first-order chi connectivity index (χ1) is 36.9. The molecule has 0 aliphatic heterocycles. The Labute approximate surface area is 448 Å². The fraction of sp³-hybridized carbons (Fsp3) is 0.209. The monoisotopic (exact) mass is 1000 g/mol. The predicted molar refractivity (Wildman–Crippen MR) is 316 cm³/mol. The molecule has 10 heteroatoms. The van der Waals surface area contributed by atoms with Crippen molar-refractivity contribution in [3.8, 4) is 51.2 Å². The molecule has 0 aliphatic carbocycles. The van der Waals surface area contributed by atoms with E-state index in [0.717, 1.165) is 111 Å². The van der Waals surface area contributed by atoms with Gasteiger partial charge in [-0.1, -0.05) is 89.1 Å². The maximum atomic E-state index is 5.58. The number of benzene rings is 5. The lowest BCUT2D eigenvalue weighted by Crippen LogP contribution is -2.12. The summed E-state index contributed by atoms with van der Waals surface area (Å²) < 4.78 is 7.16. The second-order valence-corrected chi connectivity index (χ2v) is 23.2. The Morgan fingerprint density at radius 1 is 0.351 bits per heavy atom. The number of aromatic nitrogens is 10. The highest BCUT2D eigenvalue weighted by molar-refractivity contribution is 6.12. The fourth-order valence-corrected chi connectivity index (χ4v) is 12.1. The zero-order valence-electron chi connectivity index (χ0n) is 45.8. The summed E-state index contributed by atoms with van der Waals surface area (Å²) in [5, 5.41) is 2.35. The Kier molecular flexibility index (Phi) is 10.8. The van der Waals surface area contributed by atoms with E-state index in [4.69, 9.17) is 34.9 Å². The Hall–Kier alpha value is -8.89. The van der Waals surface area contributed by atoms with E-state index >= 15 is 0 Å². The second-order valence-electron chi connectivity index (χ2n) is 23.2.